The summed E-state index contributed by atoms with van der Waals surface area (Å²) in [6, 6.07) is 7.25. The summed E-state index contributed by atoms with van der Waals surface area (Å²) in [7, 11) is 1.53. The van der Waals surface area contributed by atoms with Crippen molar-refractivity contribution in [3.63, 3.8) is 0 Å². The van der Waals surface area contributed by atoms with Gasteiger partial charge in [-0.3, -0.25) is 9.59 Å². The van der Waals surface area contributed by atoms with E-state index in [0.717, 1.165) is 32.1 Å². The fourth-order valence-electron chi connectivity index (χ4n) is 3.21. The van der Waals surface area contributed by atoms with E-state index < -0.39 is 11.7 Å². The van der Waals surface area contributed by atoms with Crippen molar-refractivity contribution in [2.24, 2.45) is 5.92 Å². The lowest BCUT2D eigenvalue weighted by Crippen LogP contribution is -2.25. The first-order valence-corrected chi connectivity index (χ1v) is 9.06. The standard InChI is InChI=1S/C20H23FN2O4/c1-26-12-15-8-10-18(27-15)20(25)22-14-7-9-16(21)17(11-14)23-19(24)13-5-3-2-4-6-13/h7-11,13H,2-6,12H2,1H3,(H,22,25)(H,23,24). The van der Waals surface area contributed by atoms with E-state index in [1.165, 1.54) is 25.3 Å². The number of rotatable bonds is 6. The molecule has 2 amide bonds. The topological polar surface area (TPSA) is 80.6 Å². The maximum atomic E-state index is 14.1. The van der Waals surface area contributed by atoms with Crippen LogP contribution in [0.4, 0.5) is 15.8 Å². The van der Waals surface area contributed by atoms with Crippen LogP contribution in [0.25, 0.3) is 0 Å². The quantitative estimate of drug-likeness (QED) is 0.788. The van der Waals surface area contributed by atoms with Crippen LogP contribution < -0.4 is 10.6 Å². The van der Waals surface area contributed by atoms with Crippen LogP contribution in [0.1, 0.15) is 48.4 Å². The first-order chi connectivity index (χ1) is 13.1. The van der Waals surface area contributed by atoms with Gasteiger partial charge < -0.3 is 19.8 Å². The van der Waals surface area contributed by atoms with Gasteiger partial charge in [0.1, 0.15) is 18.2 Å². The summed E-state index contributed by atoms with van der Waals surface area (Å²) < 4.78 is 24.4. The fraction of sp³-hybridized carbons (Fsp3) is 0.400. The lowest BCUT2D eigenvalue weighted by molar-refractivity contribution is -0.120. The third-order valence-corrected chi connectivity index (χ3v) is 4.63. The number of ether oxygens (including phenoxy) is 1. The van der Waals surface area contributed by atoms with E-state index in [0.29, 0.717) is 11.4 Å². The number of carbonyl (C=O) groups excluding carboxylic acids is 2. The van der Waals surface area contributed by atoms with Crippen LogP contribution in [-0.4, -0.2) is 18.9 Å². The Morgan fingerprint density at radius 1 is 1.15 bits per heavy atom. The second kappa shape index (κ2) is 8.81. The summed E-state index contributed by atoms with van der Waals surface area (Å²) in [5, 5.41) is 5.29. The summed E-state index contributed by atoms with van der Waals surface area (Å²) in [5.41, 5.74) is 0.424. The number of benzene rings is 1. The van der Waals surface area contributed by atoms with Crippen molar-refractivity contribution in [1.82, 2.24) is 0 Å². The first-order valence-electron chi connectivity index (χ1n) is 9.06. The van der Waals surface area contributed by atoms with Crippen LogP contribution in [0.2, 0.25) is 0 Å². The highest BCUT2D eigenvalue weighted by molar-refractivity contribution is 6.03. The summed E-state index contributed by atoms with van der Waals surface area (Å²) in [6.45, 7) is 0.265. The fourth-order valence-corrected chi connectivity index (χ4v) is 3.21. The van der Waals surface area contributed by atoms with E-state index in [2.05, 4.69) is 10.6 Å². The van der Waals surface area contributed by atoms with E-state index in [1.807, 2.05) is 0 Å². The number of amides is 2. The van der Waals surface area contributed by atoms with Gasteiger partial charge in [0.15, 0.2) is 5.76 Å². The molecule has 1 fully saturated rings. The Hall–Kier alpha value is -2.67. The SMILES string of the molecule is COCc1ccc(C(=O)Nc2ccc(F)c(NC(=O)C3CCCCC3)c2)o1. The largest absolute Gasteiger partial charge is 0.453 e. The van der Waals surface area contributed by atoms with E-state index in [4.69, 9.17) is 9.15 Å². The molecule has 1 aromatic carbocycles. The molecule has 2 N–H and O–H groups in total. The maximum Gasteiger partial charge on any atom is 0.291 e. The number of furan rings is 1. The lowest BCUT2D eigenvalue weighted by atomic mass is 9.88. The Bertz CT molecular complexity index is 812. The zero-order chi connectivity index (χ0) is 19.2. The normalized spacial score (nSPS) is 14.7. The minimum Gasteiger partial charge on any atom is -0.453 e. The van der Waals surface area contributed by atoms with Crippen molar-refractivity contribution in [1.29, 1.82) is 0 Å². The van der Waals surface area contributed by atoms with Gasteiger partial charge in [-0.1, -0.05) is 19.3 Å². The van der Waals surface area contributed by atoms with Crippen LogP contribution in [0.5, 0.6) is 0 Å². The highest BCUT2D eigenvalue weighted by Gasteiger charge is 2.22. The summed E-state index contributed by atoms with van der Waals surface area (Å²) in [6.07, 6.45) is 4.83. The third kappa shape index (κ3) is 4.95. The van der Waals surface area contributed by atoms with Crippen molar-refractivity contribution in [3.05, 3.63) is 47.7 Å². The molecule has 27 heavy (non-hydrogen) atoms. The van der Waals surface area contributed by atoms with Gasteiger partial charge in [-0.05, 0) is 43.2 Å². The minimum absolute atomic E-state index is 0.0582. The number of halogens is 1. The lowest BCUT2D eigenvalue weighted by Gasteiger charge is -2.21. The summed E-state index contributed by atoms with van der Waals surface area (Å²) >= 11 is 0. The average molecular weight is 374 g/mol. The Labute approximate surface area is 157 Å². The van der Waals surface area contributed by atoms with Crippen LogP contribution in [0.3, 0.4) is 0 Å². The number of anilines is 2. The molecule has 0 aliphatic heterocycles. The van der Waals surface area contributed by atoms with Crippen molar-refractivity contribution >= 4 is 23.2 Å². The Balaban J connectivity index is 1.66. The van der Waals surface area contributed by atoms with Crippen molar-refractivity contribution in [2.75, 3.05) is 17.7 Å². The monoisotopic (exact) mass is 374 g/mol. The zero-order valence-electron chi connectivity index (χ0n) is 15.2. The molecule has 1 aliphatic rings. The van der Waals surface area contributed by atoms with Crippen LogP contribution in [-0.2, 0) is 16.1 Å². The summed E-state index contributed by atoms with van der Waals surface area (Å²) in [4.78, 5) is 24.6. The zero-order valence-corrected chi connectivity index (χ0v) is 15.2. The second-order valence-corrected chi connectivity index (χ2v) is 6.67. The van der Waals surface area contributed by atoms with Crippen LogP contribution in [0, 0.1) is 11.7 Å². The first kappa shape index (κ1) is 19.1. The number of hydrogen-bond acceptors (Lipinski definition) is 4. The van der Waals surface area contributed by atoms with Crippen molar-refractivity contribution in [3.8, 4) is 0 Å². The molecular weight excluding hydrogens is 351 g/mol. The van der Waals surface area contributed by atoms with Gasteiger partial charge in [-0.25, -0.2) is 4.39 Å². The molecule has 0 bridgehead atoms. The molecule has 3 rings (SSSR count). The van der Waals surface area contributed by atoms with Crippen molar-refractivity contribution < 1.29 is 23.1 Å². The molecule has 2 aromatic rings. The second-order valence-electron chi connectivity index (χ2n) is 6.67. The Morgan fingerprint density at radius 2 is 1.93 bits per heavy atom. The van der Waals surface area contributed by atoms with E-state index in [1.54, 1.807) is 12.1 Å². The Kier molecular flexibility index (Phi) is 6.24. The molecule has 0 unspecified atom stereocenters. The van der Waals surface area contributed by atoms with Gasteiger partial charge in [0.05, 0.1) is 5.69 Å². The molecule has 6 nitrogen and oxygen atoms in total. The van der Waals surface area contributed by atoms with Gasteiger partial charge in [-0.15, -0.1) is 0 Å². The molecule has 0 spiro atoms. The molecule has 7 heteroatoms. The molecule has 0 radical (unpaired) electrons. The highest BCUT2D eigenvalue weighted by Crippen LogP contribution is 2.26. The van der Waals surface area contributed by atoms with Gasteiger partial charge in [0, 0.05) is 18.7 Å². The molecule has 1 saturated carbocycles. The van der Waals surface area contributed by atoms with E-state index in [-0.39, 0.29) is 29.9 Å². The van der Waals surface area contributed by atoms with Gasteiger partial charge in [-0.2, -0.15) is 0 Å². The average Bonchev–Trinajstić information content (AvgIpc) is 3.14. The van der Waals surface area contributed by atoms with Crippen LogP contribution >= 0.6 is 0 Å². The number of carbonyl (C=O) groups is 2. The van der Waals surface area contributed by atoms with Crippen molar-refractivity contribution in [2.45, 2.75) is 38.7 Å². The molecule has 144 valence electrons. The molecule has 0 saturated heterocycles. The number of methoxy groups -OCH3 is 1. The highest BCUT2D eigenvalue weighted by atomic mass is 19.1. The number of nitrogens with one attached hydrogen (secondary N) is 2. The molecule has 1 aliphatic carbocycles. The van der Waals surface area contributed by atoms with E-state index in [9.17, 15) is 14.0 Å². The number of hydrogen-bond donors (Lipinski definition) is 2. The van der Waals surface area contributed by atoms with Crippen LogP contribution in [0.15, 0.2) is 34.7 Å². The van der Waals surface area contributed by atoms with Gasteiger partial charge in [0.25, 0.3) is 5.91 Å². The van der Waals surface area contributed by atoms with Gasteiger partial charge in [0.2, 0.25) is 5.91 Å². The molecule has 0 atom stereocenters. The van der Waals surface area contributed by atoms with Gasteiger partial charge >= 0.3 is 0 Å². The smallest absolute Gasteiger partial charge is 0.291 e. The summed E-state index contributed by atoms with van der Waals surface area (Å²) in [5.74, 6) is -0.613. The molecular formula is C20H23FN2O4. The molecule has 1 aromatic heterocycles. The minimum atomic E-state index is -0.544. The molecule has 1 heterocycles. The predicted octanol–water partition coefficient (Wildman–Crippen LogP) is 4.34. The predicted molar refractivity (Wildman–Crippen MR) is 99.0 cm³/mol. The third-order valence-electron chi connectivity index (χ3n) is 4.63. The Morgan fingerprint density at radius 3 is 2.67 bits per heavy atom. The maximum absolute atomic E-state index is 14.1. The van der Waals surface area contributed by atoms with E-state index >= 15 is 0 Å².